The number of thioether (sulfide) groups is 1. The number of amides is 1. The van der Waals surface area contributed by atoms with E-state index in [-0.39, 0.29) is 12.5 Å². The lowest BCUT2D eigenvalue weighted by atomic mass is 9.94. The Morgan fingerprint density at radius 3 is 2.79 bits per heavy atom. The van der Waals surface area contributed by atoms with Gasteiger partial charge in [0.05, 0.1) is 17.3 Å². The molecule has 1 amide bonds. The minimum Gasteiger partial charge on any atom is -0.457 e. The number of hydrogen-bond donors (Lipinski definition) is 0. The van der Waals surface area contributed by atoms with Crippen molar-refractivity contribution in [1.82, 2.24) is 4.90 Å². The van der Waals surface area contributed by atoms with Gasteiger partial charge in [-0.05, 0) is 30.2 Å². The highest BCUT2D eigenvalue weighted by atomic mass is 79.9. The quantitative estimate of drug-likeness (QED) is 0.599. The molecule has 0 bridgehead atoms. The fraction of sp³-hybridized carbons (Fsp3) is 0.227. The molecule has 0 saturated carbocycles. The molecule has 5 nitrogen and oxygen atoms in total. The number of esters is 1. The standard InChI is InChI=1S/C22H19BrN2O3S/c1-14-19(21(27)28-13-15-6-3-2-4-7-15)20(16-8-5-9-17(23)12-16)25-18(26)10-11-29-22(25)24-14/h2-9,12,20H,10-11,13H2,1H3. The van der Waals surface area contributed by atoms with E-state index in [0.717, 1.165) is 15.6 Å². The van der Waals surface area contributed by atoms with Crippen LogP contribution in [0.3, 0.4) is 0 Å². The molecule has 0 aliphatic carbocycles. The van der Waals surface area contributed by atoms with Crippen molar-refractivity contribution >= 4 is 44.7 Å². The number of rotatable bonds is 4. The van der Waals surface area contributed by atoms with Gasteiger partial charge >= 0.3 is 5.97 Å². The molecule has 1 unspecified atom stereocenters. The molecule has 0 radical (unpaired) electrons. The monoisotopic (exact) mass is 470 g/mol. The first-order valence-electron chi connectivity index (χ1n) is 9.25. The summed E-state index contributed by atoms with van der Waals surface area (Å²) in [6.07, 6.45) is 0.416. The predicted octanol–water partition coefficient (Wildman–Crippen LogP) is 4.84. The lowest BCUT2D eigenvalue weighted by Crippen LogP contribution is -2.45. The summed E-state index contributed by atoms with van der Waals surface area (Å²) >= 11 is 5.03. The molecule has 1 atom stereocenters. The topological polar surface area (TPSA) is 59.0 Å². The Bertz CT molecular complexity index is 1020. The van der Waals surface area contributed by atoms with Gasteiger partial charge in [0.2, 0.25) is 5.91 Å². The van der Waals surface area contributed by atoms with Crippen LogP contribution in [0.25, 0.3) is 0 Å². The molecule has 0 N–H and O–H groups in total. The Hall–Kier alpha value is -2.38. The lowest BCUT2D eigenvalue weighted by Gasteiger charge is -2.39. The van der Waals surface area contributed by atoms with Crippen LogP contribution in [-0.4, -0.2) is 27.7 Å². The molecular weight excluding hydrogens is 452 g/mol. The minimum atomic E-state index is -0.552. The number of nitrogens with zero attached hydrogens (tertiary/aromatic N) is 2. The van der Waals surface area contributed by atoms with Crippen molar-refractivity contribution in [1.29, 1.82) is 0 Å². The Morgan fingerprint density at radius 2 is 2.03 bits per heavy atom. The summed E-state index contributed by atoms with van der Waals surface area (Å²) in [6.45, 7) is 1.97. The molecule has 2 aromatic rings. The fourth-order valence-electron chi connectivity index (χ4n) is 3.45. The zero-order chi connectivity index (χ0) is 20.4. The van der Waals surface area contributed by atoms with Crippen LogP contribution in [0.2, 0.25) is 0 Å². The molecule has 7 heteroatoms. The van der Waals surface area contributed by atoms with Crippen LogP contribution in [0.4, 0.5) is 0 Å². The first kappa shape index (κ1) is 19.9. The molecular formula is C22H19BrN2O3S. The van der Waals surface area contributed by atoms with Crippen molar-refractivity contribution in [2.24, 2.45) is 4.99 Å². The summed E-state index contributed by atoms with van der Waals surface area (Å²) in [4.78, 5) is 32.1. The van der Waals surface area contributed by atoms with Gasteiger partial charge in [0.25, 0.3) is 0 Å². The summed E-state index contributed by atoms with van der Waals surface area (Å²) in [5.74, 6) is 0.205. The lowest BCUT2D eigenvalue weighted by molar-refractivity contribution is -0.141. The van der Waals surface area contributed by atoms with Gasteiger partial charge in [0, 0.05) is 16.6 Å². The summed E-state index contributed by atoms with van der Waals surface area (Å²) < 4.78 is 6.49. The smallest absolute Gasteiger partial charge is 0.338 e. The molecule has 1 fully saturated rings. The van der Waals surface area contributed by atoms with Crippen LogP contribution in [-0.2, 0) is 20.9 Å². The van der Waals surface area contributed by atoms with Gasteiger partial charge in [0.1, 0.15) is 6.61 Å². The van der Waals surface area contributed by atoms with E-state index in [2.05, 4.69) is 20.9 Å². The fourth-order valence-corrected chi connectivity index (χ4v) is 4.87. The largest absolute Gasteiger partial charge is 0.457 e. The van der Waals surface area contributed by atoms with Crippen molar-refractivity contribution in [3.05, 3.63) is 81.5 Å². The van der Waals surface area contributed by atoms with Crippen molar-refractivity contribution in [3.8, 4) is 0 Å². The number of fused-ring (bicyclic) bond motifs is 1. The summed E-state index contributed by atoms with van der Waals surface area (Å²) in [5, 5.41) is 0.642. The van der Waals surface area contributed by atoms with Gasteiger partial charge in [-0.15, -0.1) is 0 Å². The van der Waals surface area contributed by atoms with E-state index in [0.29, 0.717) is 28.6 Å². The van der Waals surface area contributed by atoms with Crippen LogP contribution in [0.15, 0.2) is 75.3 Å². The molecule has 148 valence electrons. The Kier molecular flexibility index (Phi) is 5.87. The number of amidine groups is 1. The second-order valence-electron chi connectivity index (χ2n) is 6.77. The minimum absolute atomic E-state index is 0.0339. The first-order chi connectivity index (χ1) is 14.0. The zero-order valence-electron chi connectivity index (χ0n) is 15.8. The van der Waals surface area contributed by atoms with Crippen molar-refractivity contribution in [2.75, 3.05) is 5.75 Å². The van der Waals surface area contributed by atoms with Gasteiger partial charge in [-0.2, -0.15) is 0 Å². The van der Waals surface area contributed by atoms with Crippen molar-refractivity contribution in [3.63, 3.8) is 0 Å². The third-order valence-electron chi connectivity index (χ3n) is 4.80. The van der Waals surface area contributed by atoms with Gasteiger partial charge in [-0.25, -0.2) is 9.79 Å². The Labute approximate surface area is 182 Å². The normalized spacial score (nSPS) is 19.0. The van der Waals surface area contributed by atoms with Gasteiger partial charge in [-0.1, -0.05) is 70.2 Å². The predicted molar refractivity (Wildman–Crippen MR) is 117 cm³/mol. The highest BCUT2D eigenvalue weighted by Gasteiger charge is 2.41. The zero-order valence-corrected chi connectivity index (χ0v) is 18.2. The number of carbonyl (C=O) groups is 2. The van der Waals surface area contributed by atoms with Gasteiger partial charge in [-0.3, -0.25) is 9.69 Å². The van der Waals surface area contributed by atoms with Crippen LogP contribution in [0.5, 0.6) is 0 Å². The molecule has 2 aliphatic heterocycles. The summed E-state index contributed by atoms with van der Waals surface area (Å²) in [5.41, 5.74) is 2.73. The second-order valence-corrected chi connectivity index (χ2v) is 8.75. The Balaban J connectivity index is 1.72. The summed E-state index contributed by atoms with van der Waals surface area (Å²) in [6, 6.07) is 16.6. The van der Waals surface area contributed by atoms with Gasteiger partial charge in [0.15, 0.2) is 5.17 Å². The molecule has 0 aromatic heterocycles. The number of ether oxygens (including phenoxy) is 1. The van der Waals surface area contributed by atoms with E-state index in [1.165, 1.54) is 11.8 Å². The van der Waals surface area contributed by atoms with E-state index in [1.54, 1.807) is 11.8 Å². The molecule has 0 spiro atoms. The third kappa shape index (κ3) is 4.16. The molecule has 29 heavy (non-hydrogen) atoms. The average Bonchev–Trinajstić information content (AvgIpc) is 2.72. The van der Waals surface area contributed by atoms with E-state index >= 15 is 0 Å². The number of carbonyl (C=O) groups excluding carboxylic acids is 2. The van der Waals surface area contributed by atoms with Crippen LogP contribution in [0.1, 0.15) is 30.5 Å². The number of aliphatic imine (C=N–C) groups is 1. The second kappa shape index (κ2) is 8.55. The highest BCUT2D eigenvalue weighted by Crippen LogP contribution is 2.40. The van der Waals surface area contributed by atoms with E-state index in [1.807, 2.05) is 54.6 Å². The third-order valence-corrected chi connectivity index (χ3v) is 6.25. The van der Waals surface area contributed by atoms with E-state index < -0.39 is 12.0 Å². The number of halogens is 1. The molecule has 4 rings (SSSR count). The molecule has 2 heterocycles. The average molecular weight is 471 g/mol. The number of benzene rings is 2. The van der Waals surface area contributed by atoms with Crippen molar-refractivity contribution in [2.45, 2.75) is 26.0 Å². The number of allylic oxidation sites excluding steroid dienone is 1. The number of hydrogen-bond acceptors (Lipinski definition) is 5. The van der Waals surface area contributed by atoms with Crippen LogP contribution >= 0.6 is 27.7 Å². The SMILES string of the molecule is CC1=C(C(=O)OCc2ccccc2)C(c2cccc(Br)c2)N2C(=O)CCSC2=N1. The van der Waals surface area contributed by atoms with Crippen molar-refractivity contribution < 1.29 is 14.3 Å². The van der Waals surface area contributed by atoms with E-state index in [9.17, 15) is 9.59 Å². The molecule has 2 aliphatic rings. The first-order valence-corrected chi connectivity index (χ1v) is 11.0. The van der Waals surface area contributed by atoms with Gasteiger partial charge < -0.3 is 4.74 Å². The maximum absolute atomic E-state index is 13.1. The maximum Gasteiger partial charge on any atom is 0.338 e. The van der Waals surface area contributed by atoms with Crippen LogP contribution < -0.4 is 0 Å². The maximum atomic E-state index is 13.1. The Morgan fingerprint density at radius 1 is 1.24 bits per heavy atom. The highest BCUT2D eigenvalue weighted by molar-refractivity contribution is 9.10. The molecule has 1 saturated heterocycles. The van der Waals surface area contributed by atoms with Crippen LogP contribution in [0, 0.1) is 0 Å². The van der Waals surface area contributed by atoms with E-state index in [4.69, 9.17) is 4.74 Å². The summed E-state index contributed by atoms with van der Waals surface area (Å²) in [7, 11) is 0. The molecule has 2 aromatic carbocycles.